The van der Waals surface area contributed by atoms with Crippen LogP contribution in [0.1, 0.15) is 0 Å². The quantitative estimate of drug-likeness (QED) is 0.197. The summed E-state index contributed by atoms with van der Waals surface area (Å²) >= 11 is 1.89. The van der Waals surface area contributed by atoms with Gasteiger partial charge in [0.2, 0.25) is 0 Å². The third kappa shape index (κ3) is 3.11. The molecule has 0 bridgehead atoms. The summed E-state index contributed by atoms with van der Waals surface area (Å²) in [4.78, 5) is 10.3. The maximum absolute atomic E-state index is 5.31. The van der Waals surface area contributed by atoms with Crippen molar-refractivity contribution in [3.8, 4) is 39.3 Å². The van der Waals surface area contributed by atoms with Crippen LogP contribution in [0.2, 0.25) is 0 Å². The van der Waals surface area contributed by atoms with Gasteiger partial charge >= 0.3 is 0 Å². The zero-order chi connectivity index (χ0) is 29.9. The highest BCUT2D eigenvalue weighted by Gasteiger charge is 2.28. The molecule has 0 unspecified atom stereocenters. The summed E-state index contributed by atoms with van der Waals surface area (Å²) in [6.07, 6.45) is 0. The first-order valence-corrected chi connectivity index (χ1v) is 16.4. The van der Waals surface area contributed by atoms with E-state index in [2.05, 4.69) is 138 Å². The van der Waals surface area contributed by atoms with Gasteiger partial charge in [-0.05, 0) is 64.0 Å². The molecule has 4 aromatic heterocycles. The maximum Gasteiger partial charge on any atom is 0.138 e. The van der Waals surface area contributed by atoms with E-state index in [-0.39, 0.29) is 0 Å². The molecule has 0 spiro atoms. The fourth-order valence-electron chi connectivity index (χ4n) is 7.84. The first-order chi connectivity index (χ1) is 22.8. The lowest BCUT2D eigenvalue weighted by molar-refractivity contribution is 1.10. The summed E-state index contributed by atoms with van der Waals surface area (Å²) in [6, 6.07) is 50.2. The molecule has 0 aliphatic heterocycles. The van der Waals surface area contributed by atoms with Crippen LogP contribution >= 0.6 is 11.3 Å². The molecular formula is C42H23N3S. The minimum Gasteiger partial charge on any atom is -0.292 e. The Hall–Kier alpha value is -5.84. The van der Waals surface area contributed by atoms with Crippen LogP contribution in [0.15, 0.2) is 140 Å². The van der Waals surface area contributed by atoms with Crippen LogP contribution in [0.5, 0.6) is 0 Å². The number of aromatic nitrogens is 3. The fraction of sp³-hybridized carbons (Fsp3) is 0. The van der Waals surface area contributed by atoms with Crippen LogP contribution in [0.3, 0.4) is 0 Å². The minimum absolute atomic E-state index is 0.884. The minimum atomic E-state index is 0.884. The highest BCUT2D eigenvalue weighted by atomic mass is 32.1. The summed E-state index contributed by atoms with van der Waals surface area (Å²) in [5, 5.41) is 7.87. The molecule has 212 valence electrons. The van der Waals surface area contributed by atoms with Gasteiger partial charge in [-0.15, -0.1) is 11.3 Å². The molecule has 3 nitrogen and oxygen atoms in total. The Morgan fingerprint density at radius 3 is 2.00 bits per heavy atom. The summed E-state index contributed by atoms with van der Waals surface area (Å²) in [6.45, 7) is 0. The molecule has 0 radical (unpaired) electrons. The third-order valence-electron chi connectivity index (χ3n) is 9.72. The van der Waals surface area contributed by atoms with Gasteiger partial charge in [0.1, 0.15) is 5.82 Å². The molecular weight excluding hydrogens is 579 g/mol. The van der Waals surface area contributed by atoms with Gasteiger partial charge in [0, 0.05) is 37.2 Å². The van der Waals surface area contributed by atoms with E-state index in [4.69, 9.17) is 9.97 Å². The summed E-state index contributed by atoms with van der Waals surface area (Å²) in [5.74, 6) is 0.906. The van der Waals surface area contributed by atoms with E-state index in [1.54, 1.807) is 0 Å². The summed E-state index contributed by atoms with van der Waals surface area (Å²) < 4.78 is 5.02. The first kappa shape index (κ1) is 24.5. The lowest BCUT2D eigenvalue weighted by Crippen LogP contribution is -1.99. The first-order valence-electron chi connectivity index (χ1n) is 15.6. The Labute approximate surface area is 267 Å². The van der Waals surface area contributed by atoms with E-state index in [0.717, 1.165) is 28.1 Å². The molecule has 1 aliphatic carbocycles. The van der Waals surface area contributed by atoms with Gasteiger partial charge in [0.15, 0.2) is 0 Å². The van der Waals surface area contributed by atoms with Gasteiger partial charge in [-0.1, -0.05) is 103 Å². The van der Waals surface area contributed by atoms with Crippen molar-refractivity contribution in [1.82, 2.24) is 14.5 Å². The van der Waals surface area contributed by atoms with Crippen LogP contribution in [0.4, 0.5) is 0 Å². The molecule has 46 heavy (non-hydrogen) atoms. The van der Waals surface area contributed by atoms with Crippen LogP contribution in [0, 0.1) is 0 Å². The zero-order valence-corrected chi connectivity index (χ0v) is 25.3. The van der Waals surface area contributed by atoms with Crippen LogP contribution < -0.4 is 0 Å². The van der Waals surface area contributed by atoms with E-state index < -0.39 is 0 Å². The number of rotatable bonds is 2. The normalized spacial score (nSPS) is 12.3. The van der Waals surface area contributed by atoms with Gasteiger partial charge in [0.25, 0.3) is 0 Å². The number of nitrogens with zero attached hydrogens (tertiary/aromatic N) is 3. The lowest BCUT2D eigenvalue weighted by Gasteiger charge is -2.14. The predicted molar refractivity (Wildman–Crippen MR) is 194 cm³/mol. The SMILES string of the molecule is c1ccc(-c2ccc3nc(-n4c5cccc6c5c5c7c(cccc7c7c8ccccc8sc7c54)-c4ccccc4-6)ccc3n2)cc1. The molecule has 0 fully saturated rings. The van der Waals surface area contributed by atoms with E-state index in [9.17, 15) is 0 Å². The van der Waals surface area contributed by atoms with Crippen molar-refractivity contribution >= 4 is 75.1 Å². The van der Waals surface area contributed by atoms with Crippen molar-refractivity contribution in [2.24, 2.45) is 0 Å². The van der Waals surface area contributed by atoms with Crippen LogP contribution in [-0.2, 0) is 0 Å². The molecule has 0 atom stereocenters. The zero-order valence-electron chi connectivity index (χ0n) is 24.5. The Balaban J connectivity index is 1.33. The molecule has 4 heteroatoms. The Kier molecular flexibility index (Phi) is 4.72. The van der Waals surface area contributed by atoms with Crippen molar-refractivity contribution in [3.63, 3.8) is 0 Å². The van der Waals surface area contributed by atoms with E-state index in [1.807, 2.05) is 17.4 Å². The Morgan fingerprint density at radius 2 is 1.13 bits per heavy atom. The molecule has 0 saturated heterocycles. The molecule has 4 heterocycles. The third-order valence-corrected chi connectivity index (χ3v) is 10.9. The largest absolute Gasteiger partial charge is 0.292 e. The number of hydrogen-bond acceptors (Lipinski definition) is 3. The standard InChI is InChI=1S/C42H23N3S/c1-2-10-24(11-3-1)31-20-21-33-32(43-31)22-23-36(44-33)45-34-18-9-16-28-26-13-5-4-12-25(26)27-15-8-17-30-37(27)40(39(28)34)41(45)42-38(30)29-14-6-7-19-35(29)46-42/h1-23H. The second-order valence-corrected chi connectivity index (χ2v) is 13.2. The highest BCUT2D eigenvalue weighted by molar-refractivity contribution is 7.27. The molecule has 1 aliphatic rings. The average molecular weight is 602 g/mol. The van der Waals surface area contributed by atoms with Crippen molar-refractivity contribution in [3.05, 3.63) is 140 Å². The second-order valence-electron chi connectivity index (χ2n) is 12.1. The van der Waals surface area contributed by atoms with Crippen molar-refractivity contribution in [1.29, 1.82) is 0 Å². The predicted octanol–water partition coefficient (Wildman–Crippen LogP) is 11.6. The van der Waals surface area contributed by atoms with Crippen molar-refractivity contribution in [2.45, 2.75) is 0 Å². The molecule has 0 amide bonds. The summed E-state index contributed by atoms with van der Waals surface area (Å²) in [5.41, 5.74) is 11.3. The number of pyridine rings is 2. The summed E-state index contributed by atoms with van der Waals surface area (Å²) in [7, 11) is 0. The van der Waals surface area contributed by atoms with Gasteiger partial charge in [-0.25, -0.2) is 9.97 Å². The molecule has 0 N–H and O–H groups in total. The fourth-order valence-corrected chi connectivity index (χ4v) is 9.10. The van der Waals surface area contributed by atoms with E-state index >= 15 is 0 Å². The van der Waals surface area contributed by atoms with Gasteiger partial charge in [0.05, 0.1) is 32.5 Å². The number of benzene rings is 6. The van der Waals surface area contributed by atoms with E-state index in [0.29, 0.717) is 0 Å². The topological polar surface area (TPSA) is 30.7 Å². The molecule has 6 aromatic carbocycles. The van der Waals surface area contributed by atoms with Gasteiger partial charge in [-0.3, -0.25) is 4.57 Å². The Morgan fingerprint density at radius 1 is 0.457 bits per heavy atom. The second kappa shape index (κ2) is 8.87. The number of thiophene rings is 1. The van der Waals surface area contributed by atoms with Gasteiger partial charge in [-0.2, -0.15) is 0 Å². The van der Waals surface area contributed by atoms with Crippen molar-refractivity contribution < 1.29 is 0 Å². The molecule has 11 rings (SSSR count). The maximum atomic E-state index is 5.31. The Bertz CT molecular complexity index is 2910. The lowest BCUT2D eigenvalue weighted by atomic mass is 9.92. The number of hydrogen-bond donors (Lipinski definition) is 0. The number of fused-ring (bicyclic) bond motifs is 9. The monoisotopic (exact) mass is 601 g/mol. The molecule has 0 saturated carbocycles. The van der Waals surface area contributed by atoms with Crippen molar-refractivity contribution in [2.75, 3.05) is 0 Å². The van der Waals surface area contributed by atoms with E-state index in [1.165, 1.54) is 75.0 Å². The van der Waals surface area contributed by atoms with Gasteiger partial charge < -0.3 is 0 Å². The van der Waals surface area contributed by atoms with Crippen LogP contribution in [-0.4, -0.2) is 14.5 Å². The molecule has 10 aromatic rings. The average Bonchev–Trinajstić information content (AvgIpc) is 3.64. The smallest absolute Gasteiger partial charge is 0.138 e. The highest BCUT2D eigenvalue weighted by Crippen LogP contribution is 2.54. The van der Waals surface area contributed by atoms with Crippen LogP contribution in [0.25, 0.3) is 103 Å².